The third kappa shape index (κ3) is 3.41. The molecular formula is C18H20N2O4. The number of methoxy groups -OCH3 is 1. The number of quaternary nitrogens is 1. The van der Waals surface area contributed by atoms with Crippen molar-refractivity contribution in [3.05, 3.63) is 53.2 Å². The molecule has 1 saturated heterocycles. The fourth-order valence-corrected chi connectivity index (χ4v) is 2.99. The lowest BCUT2D eigenvalue weighted by Crippen LogP contribution is -2.99. The minimum absolute atomic E-state index is 0.181. The van der Waals surface area contributed by atoms with Crippen LogP contribution in [0.1, 0.15) is 18.4 Å². The zero-order valence-corrected chi connectivity index (χ0v) is 13.5. The van der Waals surface area contributed by atoms with Crippen molar-refractivity contribution < 1.29 is 20.0 Å². The van der Waals surface area contributed by atoms with E-state index in [0.717, 1.165) is 29.7 Å². The largest absolute Gasteiger partial charge is 0.595 e. The Kier molecular flexibility index (Phi) is 4.80. The van der Waals surface area contributed by atoms with E-state index in [9.17, 15) is 15.2 Å². The number of hydrogen-bond donors (Lipinski definition) is 2. The molecule has 126 valence electrons. The van der Waals surface area contributed by atoms with E-state index in [2.05, 4.69) is 0 Å². The molecule has 1 atom stereocenters. The van der Waals surface area contributed by atoms with Crippen molar-refractivity contribution in [2.24, 2.45) is 0 Å². The Hall–Kier alpha value is -2.41. The van der Waals surface area contributed by atoms with Crippen molar-refractivity contribution in [2.45, 2.75) is 19.4 Å². The summed E-state index contributed by atoms with van der Waals surface area (Å²) in [4.78, 5) is 13.7. The Labute approximate surface area is 140 Å². The van der Waals surface area contributed by atoms with Gasteiger partial charge >= 0.3 is 0 Å². The number of benzene rings is 2. The van der Waals surface area contributed by atoms with Crippen molar-refractivity contribution in [3.63, 3.8) is 0 Å². The van der Waals surface area contributed by atoms with Crippen LogP contribution in [0.3, 0.4) is 0 Å². The number of rotatable bonds is 5. The average Bonchev–Trinajstić information content (AvgIpc) is 3.00. The van der Waals surface area contributed by atoms with Gasteiger partial charge in [-0.05, 0) is 29.7 Å². The molecule has 0 spiro atoms. The molecule has 0 radical (unpaired) electrons. The Morgan fingerprint density at radius 3 is 2.79 bits per heavy atom. The average molecular weight is 328 g/mol. The number of carbonyl (C=O) groups excluding carboxylic acids is 1. The molecule has 2 aromatic carbocycles. The van der Waals surface area contributed by atoms with Gasteiger partial charge in [-0.15, -0.1) is 0 Å². The highest BCUT2D eigenvalue weighted by Gasteiger charge is 2.20. The highest BCUT2D eigenvalue weighted by atomic mass is 16.8. The van der Waals surface area contributed by atoms with Crippen LogP contribution in [-0.2, 0) is 11.3 Å². The van der Waals surface area contributed by atoms with E-state index in [1.807, 2.05) is 29.2 Å². The molecule has 24 heavy (non-hydrogen) atoms. The molecule has 0 aliphatic carbocycles. The van der Waals surface area contributed by atoms with Gasteiger partial charge in [-0.25, -0.2) is 5.21 Å². The van der Waals surface area contributed by atoms with Gasteiger partial charge in [0.2, 0.25) is 5.91 Å². The first kappa shape index (κ1) is 16.4. The minimum atomic E-state index is -0.963. The molecule has 1 fully saturated rings. The molecule has 1 unspecified atom stereocenters. The summed E-state index contributed by atoms with van der Waals surface area (Å²) < 4.78 is 5.42. The van der Waals surface area contributed by atoms with E-state index in [1.165, 1.54) is 0 Å². The molecule has 0 aromatic heterocycles. The molecule has 0 saturated carbocycles. The highest BCUT2D eigenvalue weighted by Crippen LogP contribution is 2.32. The quantitative estimate of drug-likeness (QED) is 0.822. The molecule has 1 heterocycles. The molecule has 6 heteroatoms. The third-order valence-electron chi connectivity index (χ3n) is 4.23. The fraction of sp³-hybridized carbons (Fsp3) is 0.278. The number of likely N-dealkylation sites (tertiary alicyclic amines) is 1. The van der Waals surface area contributed by atoms with Crippen LogP contribution < -0.4 is 9.96 Å². The minimum Gasteiger partial charge on any atom is -0.595 e. The second-order valence-corrected chi connectivity index (χ2v) is 5.84. The zero-order chi connectivity index (χ0) is 17.1. The second kappa shape index (κ2) is 7.00. The molecule has 3 rings (SSSR count). The van der Waals surface area contributed by atoms with E-state index < -0.39 is 5.23 Å². The van der Waals surface area contributed by atoms with Crippen molar-refractivity contribution in [1.29, 1.82) is 0 Å². The van der Waals surface area contributed by atoms with Crippen LogP contribution >= 0.6 is 0 Å². The smallest absolute Gasteiger partial charge is 0.222 e. The van der Waals surface area contributed by atoms with Gasteiger partial charge in [0.05, 0.1) is 7.11 Å². The summed E-state index contributed by atoms with van der Waals surface area (Å²) in [7, 11) is 1.59. The maximum absolute atomic E-state index is 11.8. The van der Waals surface area contributed by atoms with Gasteiger partial charge in [-0.1, -0.05) is 18.2 Å². The Morgan fingerprint density at radius 2 is 2.12 bits per heavy atom. The summed E-state index contributed by atoms with van der Waals surface area (Å²) in [6, 6.07) is 12.5. The third-order valence-corrected chi connectivity index (χ3v) is 4.23. The molecule has 2 N–H and O–H groups in total. The predicted octanol–water partition coefficient (Wildman–Crippen LogP) is 1.89. The summed E-state index contributed by atoms with van der Waals surface area (Å²) in [5, 5.41) is 19.4. The standard InChI is InChI=1S/C18H20N2O4/c1-24-17-8-7-13(12-19-9-3-6-18(19)21)10-16(17)14-4-2-5-15(11-14)20(22)23/h2,4-5,7-8,10-11,20,22H,3,6,9,12H2,1H3. The van der Waals surface area contributed by atoms with E-state index in [0.29, 0.717) is 18.7 Å². The van der Waals surface area contributed by atoms with Crippen LogP contribution in [0, 0.1) is 5.21 Å². The van der Waals surface area contributed by atoms with Crippen LogP contribution in [0.2, 0.25) is 0 Å². The number of hydrogen-bond acceptors (Lipinski definition) is 4. The van der Waals surface area contributed by atoms with Gasteiger partial charge in [0, 0.05) is 37.2 Å². The Balaban J connectivity index is 1.95. The summed E-state index contributed by atoms with van der Waals surface area (Å²) in [6.45, 7) is 1.35. The second-order valence-electron chi connectivity index (χ2n) is 5.84. The summed E-state index contributed by atoms with van der Waals surface area (Å²) >= 11 is 0. The maximum atomic E-state index is 11.8. The van der Waals surface area contributed by atoms with Crippen molar-refractivity contribution in [1.82, 2.24) is 4.90 Å². The molecule has 6 nitrogen and oxygen atoms in total. The first-order valence-electron chi connectivity index (χ1n) is 7.87. The van der Waals surface area contributed by atoms with Crippen LogP contribution in [0.25, 0.3) is 11.1 Å². The number of amides is 1. The van der Waals surface area contributed by atoms with E-state index in [4.69, 9.17) is 4.74 Å². The lowest BCUT2D eigenvalue weighted by Gasteiger charge is -2.18. The monoisotopic (exact) mass is 328 g/mol. The van der Waals surface area contributed by atoms with E-state index >= 15 is 0 Å². The maximum Gasteiger partial charge on any atom is 0.222 e. The normalized spacial score (nSPS) is 15.6. The van der Waals surface area contributed by atoms with Crippen molar-refractivity contribution in [3.8, 4) is 16.9 Å². The van der Waals surface area contributed by atoms with Crippen molar-refractivity contribution >= 4 is 11.6 Å². The topological polar surface area (TPSA) is 77.3 Å². The highest BCUT2D eigenvalue weighted by molar-refractivity contribution is 5.78. The van der Waals surface area contributed by atoms with Gasteiger partial charge in [0.1, 0.15) is 5.75 Å². The molecular weight excluding hydrogens is 308 g/mol. The zero-order valence-electron chi connectivity index (χ0n) is 13.5. The van der Waals surface area contributed by atoms with Gasteiger partial charge in [0.15, 0.2) is 5.69 Å². The van der Waals surface area contributed by atoms with Crippen LogP contribution in [0.4, 0.5) is 5.69 Å². The summed E-state index contributed by atoms with van der Waals surface area (Å²) in [5.41, 5.74) is 2.84. The van der Waals surface area contributed by atoms with Gasteiger partial charge < -0.3 is 14.8 Å². The Morgan fingerprint density at radius 1 is 1.29 bits per heavy atom. The predicted molar refractivity (Wildman–Crippen MR) is 88.9 cm³/mol. The SMILES string of the molecule is COc1ccc(CN2CCCC2=O)cc1-c1cccc([NH+]([O-])O)c1. The van der Waals surface area contributed by atoms with Crippen LogP contribution in [0.15, 0.2) is 42.5 Å². The molecule has 1 aliphatic heterocycles. The summed E-state index contributed by atoms with van der Waals surface area (Å²) in [6.07, 6.45) is 1.52. The number of nitrogens with one attached hydrogen (secondary N) is 1. The molecule has 1 amide bonds. The lowest BCUT2D eigenvalue weighted by molar-refractivity contribution is -0.991. The van der Waals surface area contributed by atoms with Crippen LogP contribution in [-0.4, -0.2) is 29.7 Å². The number of carbonyl (C=O) groups is 1. The molecule has 0 bridgehead atoms. The van der Waals surface area contributed by atoms with Gasteiger partial charge in [-0.2, -0.15) is 5.23 Å². The van der Waals surface area contributed by atoms with E-state index in [1.54, 1.807) is 25.3 Å². The van der Waals surface area contributed by atoms with Gasteiger partial charge in [0.25, 0.3) is 0 Å². The molecule has 2 aromatic rings. The van der Waals surface area contributed by atoms with Crippen LogP contribution in [0.5, 0.6) is 5.75 Å². The summed E-state index contributed by atoms with van der Waals surface area (Å²) in [5.74, 6) is 0.856. The first-order valence-corrected chi connectivity index (χ1v) is 7.87. The number of nitrogens with zero attached hydrogens (tertiary/aromatic N) is 1. The molecule has 1 aliphatic rings. The van der Waals surface area contributed by atoms with Crippen molar-refractivity contribution in [2.75, 3.05) is 13.7 Å². The lowest BCUT2D eigenvalue weighted by atomic mass is 10.0. The van der Waals surface area contributed by atoms with E-state index in [-0.39, 0.29) is 11.6 Å². The first-order chi connectivity index (χ1) is 11.6. The number of ether oxygens (including phenoxy) is 1. The fourth-order valence-electron chi connectivity index (χ4n) is 2.99. The van der Waals surface area contributed by atoms with Gasteiger partial charge in [-0.3, -0.25) is 4.79 Å². The Bertz CT molecular complexity index is 746.